The van der Waals surface area contributed by atoms with Crippen molar-refractivity contribution in [3.8, 4) is 0 Å². The van der Waals surface area contributed by atoms with Gasteiger partial charge in [0.2, 0.25) is 0 Å². The Bertz CT molecular complexity index is 1790. The second-order valence-corrected chi connectivity index (χ2v) is 10.6. The molecule has 3 heterocycles. The highest BCUT2D eigenvalue weighted by Gasteiger charge is 2.02. The molecule has 0 spiro atoms. The SMILES string of the molecule is c1ccc2c(c1)[nH]c1ccccc12.c1ccc2c(c1)[nH]c1ccccc12.c1ccc2c(c1)sc1ccccc12. The van der Waals surface area contributed by atoms with Crippen LogP contribution in [0.15, 0.2) is 146 Å². The average molecular weight is 519 g/mol. The highest BCUT2D eigenvalue weighted by molar-refractivity contribution is 7.25. The number of nitrogens with one attached hydrogen (secondary N) is 2. The van der Waals surface area contributed by atoms with E-state index in [0.717, 1.165) is 0 Å². The number of rotatable bonds is 0. The number of hydrogen-bond donors (Lipinski definition) is 2. The largest absolute Gasteiger partial charge is 0.355 e. The van der Waals surface area contributed by atoms with Gasteiger partial charge in [0.25, 0.3) is 0 Å². The predicted octanol–water partition coefficient (Wildman–Crippen LogP) is 10.7. The standard InChI is InChI=1S/2C12H9N.C12H8S/c3*1-3-7-11-9(5-1)10-6-2-4-8-12(10)13-11/h2*1-8,13H;1-8H. The van der Waals surface area contributed by atoms with Crippen LogP contribution in [0.1, 0.15) is 0 Å². The van der Waals surface area contributed by atoms with Crippen molar-refractivity contribution in [1.29, 1.82) is 0 Å². The summed E-state index contributed by atoms with van der Waals surface area (Å²) in [5, 5.41) is 7.97. The molecule has 9 aromatic rings. The van der Waals surface area contributed by atoms with Crippen LogP contribution in [-0.2, 0) is 0 Å². The molecule has 0 amide bonds. The summed E-state index contributed by atoms with van der Waals surface area (Å²) in [6.45, 7) is 0. The number of aromatic amines is 2. The summed E-state index contributed by atoms with van der Waals surface area (Å²) in [5.41, 5.74) is 4.85. The van der Waals surface area contributed by atoms with E-state index in [1.54, 1.807) is 0 Å². The zero-order valence-electron chi connectivity index (χ0n) is 21.3. The van der Waals surface area contributed by atoms with Crippen molar-refractivity contribution in [1.82, 2.24) is 9.97 Å². The number of hydrogen-bond acceptors (Lipinski definition) is 1. The monoisotopic (exact) mass is 518 g/mol. The molecule has 0 radical (unpaired) electrons. The Balaban J connectivity index is 0.0000000974. The van der Waals surface area contributed by atoms with Crippen LogP contribution in [0.5, 0.6) is 0 Å². The summed E-state index contributed by atoms with van der Waals surface area (Å²) in [5.74, 6) is 0. The van der Waals surface area contributed by atoms with Gasteiger partial charge in [-0.15, -0.1) is 11.3 Å². The molecule has 6 aromatic carbocycles. The van der Waals surface area contributed by atoms with Crippen molar-refractivity contribution in [3.63, 3.8) is 0 Å². The van der Waals surface area contributed by atoms with Gasteiger partial charge in [0.1, 0.15) is 0 Å². The third-order valence-electron chi connectivity index (χ3n) is 7.11. The molecule has 0 aliphatic rings. The molecule has 0 unspecified atom stereocenters. The molecule has 0 aliphatic heterocycles. The Morgan fingerprint density at radius 3 is 0.872 bits per heavy atom. The molecule has 0 saturated heterocycles. The Kier molecular flexibility index (Phi) is 6.04. The molecular weight excluding hydrogens is 492 g/mol. The van der Waals surface area contributed by atoms with E-state index in [1.165, 1.54) is 63.8 Å². The Labute approximate surface area is 230 Å². The first kappa shape index (κ1) is 23.3. The fourth-order valence-corrected chi connectivity index (χ4v) is 6.38. The number of para-hydroxylation sites is 4. The van der Waals surface area contributed by atoms with E-state index in [1.807, 2.05) is 11.3 Å². The summed E-state index contributed by atoms with van der Waals surface area (Å²) in [6.07, 6.45) is 0. The summed E-state index contributed by atoms with van der Waals surface area (Å²) >= 11 is 1.86. The molecule has 39 heavy (non-hydrogen) atoms. The Morgan fingerprint density at radius 2 is 0.538 bits per heavy atom. The molecule has 0 saturated carbocycles. The van der Waals surface area contributed by atoms with Gasteiger partial charge in [-0.3, -0.25) is 0 Å². The second-order valence-electron chi connectivity index (χ2n) is 9.53. The third kappa shape index (κ3) is 4.43. The molecule has 2 N–H and O–H groups in total. The number of aromatic nitrogens is 2. The van der Waals surface area contributed by atoms with Crippen molar-refractivity contribution >= 4 is 75.1 Å². The lowest BCUT2D eigenvalue weighted by Gasteiger charge is -1.88. The predicted molar refractivity (Wildman–Crippen MR) is 171 cm³/mol. The van der Waals surface area contributed by atoms with Crippen LogP contribution in [0, 0.1) is 0 Å². The van der Waals surface area contributed by atoms with Crippen LogP contribution < -0.4 is 0 Å². The van der Waals surface area contributed by atoms with Gasteiger partial charge in [-0.05, 0) is 36.4 Å². The first-order chi connectivity index (χ1) is 19.3. The lowest BCUT2D eigenvalue weighted by atomic mass is 10.2. The highest BCUT2D eigenvalue weighted by Crippen LogP contribution is 2.33. The van der Waals surface area contributed by atoms with Crippen molar-refractivity contribution in [3.05, 3.63) is 146 Å². The van der Waals surface area contributed by atoms with Gasteiger partial charge >= 0.3 is 0 Å². The van der Waals surface area contributed by atoms with Crippen molar-refractivity contribution < 1.29 is 0 Å². The summed E-state index contributed by atoms with van der Waals surface area (Å²) in [4.78, 5) is 6.76. The molecular formula is C36H26N2S. The van der Waals surface area contributed by atoms with Gasteiger partial charge in [-0.2, -0.15) is 0 Å². The minimum absolute atomic E-state index is 1.21. The van der Waals surface area contributed by atoms with Crippen LogP contribution in [-0.4, -0.2) is 9.97 Å². The van der Waals surface area contributed by atoms with Gasteiger partial charge in [0.05, 0.1) is 0 Å². The Hall–Kier alpha value is -4.86. The molecule has 0 bridgehead atoms. The van der Waals surface area contributed by atoms with E-state index in [2.05, 4.69) is 156 Å². The van der Waals surface area contributed by atoms with Crippen LogP contribution in [0.2, 0.25) is 0 Å². The topological polar surface area (TPSA) is 31.6 Å². The molecule has 3 aromatic heterocycles. The van der Waals surface area contributed by atoms with Crippen LogP contribution in [0.4, 0.5) is 0 Å². The summed E-state index contributed by atoms with van der Waals surface area (Å²) < 4.78 is 2.76. The van der Waals surface area contributed by atoms with Gasteiger partial charge in [-0.25, -0.2) is 0 Å². The third-order valence-corrected chi connectivity index (χ3v) is 8.26. The second kappa shape index (κ2) is 10.1. The summed E-state index contributed by atoms with van der Waals surface area (Å²) in [7, 11) is 0. The fraction of sp³-hybridized carbons (Fsp3) is 0. The van der Waals surface area contributed by atoms with Gasteiger partial charge < -0.3 is 9.97 Å². The fourth-order valence-electron chi connectivity index (χ4n) is 5.27. The van der Waals surface area contributed by atoms with Gasteiger partial charge in [-0.1, -0.05) is 109 Å². The first-order valence-corrected chi connectivity index (χ1v) is 13.9. The van der Waals surface area contributed by atoms with E-state index in [0.29, 0.717) is 0 Å². The zero-order valence-corrected chi connectivity index (χ0v) is 22.1. The summed E-state index contributed by atoms with van der Waals surface area (Å²) in [6, 6.07) is 50.6. The first-order valence-electron chi connectivity index (χ1n) is 13.1. The van der Waals surface area contributed by atoms with Crippen LogP contribution in [0.25, 0.3) is 63.8 Å². The average Bonchev–Trinajstić information content (AvgIpc) is 3.69. The van der Waals surface area contributed by atoms with Gasteiger partial charge in [0.15, 0.2) is 0 Å². The molecule has 3 heteroatoms. The minimum atomic E-state index is 1.21. The van der Waals surface area contributed by atoms with Crippen molar-refractivity contribution in [2.24, 2.45) is 0 Å². The zero-order chi connectivity index (χ0) is 26.0. The van der Waals surface area contributed by atoms with Crippen LogP contribution in [0.3, 0.4) is 0 Å². The van der Waals surface area contributed by atoms with Crippen molar-refractivity contribution in [2.75, 3.05) is 0 Å². The van der Waals surface area contributed by atoms with Crippen molar-refractivity contribution in [2.45, 2.75) is 0 Å². The van der Waals surface area contributed by atoms with E-state index < -0.39 is 0 Å². The maximum absolute atomic E-state index is 3.38. The number of benzene rings is 6. The van der Waals surface area contributed by atoms with Crippen LogP contribution >= 0.6 is 11.3 Å². The Morgan fingerprint density at radius 1 is 0.282 bits per heavy atom. The lowest BCUT2D eigenvalue weighted by molar-refractivity contribution is 1.55. The van der Waals surface area contributed by atoms with Gasteiger partial charge in [0, 0.05) is 63.8 Å². The number of thiophene rings is 1. The highest BCUT2D eigenvalue weighted by atomic mass is 32.1. The minimum Gasteiger partial charge on any atom is -0.355 e. The van der Waals surface area contributed by atoms with E-state index in [4.69, 9.17) is 0 Å². The van der Waals surface area contributed by atoms with E-state index >= 15 is 0 Å². The maximum atomic E-state index is 3.38. The maximum Gasteiger partial charge on any atom is 0.0464 e. The smallest absolute Gasteiger partial charge is 0.0464 e. The molecule has 0 fully saturated rings. The normalized spacial score (nSPS) is 11.1. The number of H-pyrrole nitrogens is 2. The number of fused-ring (bicyclic) bond motifs is 9. The molecule has 186 valence electrons. The molecule has 0 aliphatic carbocycles. The molecule has 9 rings (SSSR count). The molecule has 2 nitrogen and oxygen atoms in total. The molecule has 0 atom stereocenters. The quantitative estimate of drug-likeness (QED) is 0.200. The van der Waals surface area contributed by atoms with E-state index in [-0.39, 0.29) is 0 Å². The lowest BCUT2D eigenvalue weighted by Crippen LogP contribution is -1.62. The van der Waals surface area contributed by atoms with E-state index in [9.17, 15) is 0 Å².